The summed E-state index contributed by atoms with van der Waals surface area (Å²) in [6, 6.07) is 0. The first-order valence-corrected chi connectivity index (χ1v) is 5.00. The van der Waals surface area contributed by atoms with Gasteiger partial charge in [-0.3, -0.25) is 10.2 Å². The number of nitrogens with one attached hydrogen (secondary N) is 1. The molecular weight excluding hydrogens is 206 g/mol. The lowest BCUT2D eigenvalue weighted by atomic mass is 10.1. The maximum absolute atomic E-state index is 11.7. The Kier molecular flexibility index (Phi) is 3.65. The number of aromatic nitrogens is 2. The zero-order chi connectivity index (χ0) is 12.3. The van der Waals surface area contributed by atoms with Crippen molar-refractivity contribution in [3.63, 3.8) is 0 Å². The molecule has 0 aliphatic rings. The second-order valence-electron chi connectivity index (χ2n) is 3.90. The van der Waals surface area contributed by atoms with Gasteiger partial charge in [0.1, 0.15) is 0 Å². The van der Waals surface area contributed by atoms with E-state index in [0.717, 1.165) is 0 Å². The largest absolute Gasteiger partial charge is 0.387 e. The number of hydrogen-bond donors (Lipinski definition) is 2. The van der Waals surface area contributed by atoms with Crippen molar-refractivity contribution in [1.82, 2.24) is 9.55 Å². The van der Waals surface area contributed by atoms with Crippen LogP contribution in [0.1, 0.15) is 6.92 Å². The molecule has 0 bridgehead atoms. The van der Waals surface area contributed by atoms with Crippen molar-refractivity contribution in [3.05, 3.63) is 22.7 Å². The molecule has 1 atom stereocenters. The minimum absolute atomic E-state index is 0.100. The van der Waals surface area contributed by atoms with E-state index in [1.807, 2.05) is 6.92 Å². The lowest BCUT2D eigenvalue weighted by molar-refractivity contribution is 0.710. The second kappa shape index (κ2) is 4.78. The Bertz CT molecular complexity index is 439. The fourth-order valence-corrected chi connectivity index (χ4v) is 1.34. The summed E-state index contributed by atoms with van der Waals surface area (Å²) < 4.78 is 1.47. The zero-order valence-corrected chi connectivity index (χ0v) is 9.77. The van der Waals surface area contributed by atoms with Crippen molar-refractivity contribution < 1.29 is 0 Å². The molecular formula is C10H17N5O. The first-order chi connectivity index (χ1) is 7.43. The van der Waals surface area contributed by atoms with Crippen molar-refractivity contribution in [1.29, 1.82) is 5.41 Å². The van der Waals surface area contributed by atoms with E-state index in [1.165, 1.54) is 4.57 Å². The third-order valence-corrected chi connectivity index (χ3v) is 2.44. The van der Waals surface area contributed by atoms with Gasteiger partial charge in [0.2, 0.25) is 0 Å². The first-order valence-electron chi connectivity index (χ1n) is 5.00. The Hall–Kier alpha value is -1.85. The summed E-state index contributed by atoms with van der Waals surface area (Å²) in [6.07, 6.45) is 3.18. The van der Waals surface area contributed by atoms with Crippen molar-refractivity contribution in [2.75, 3.05) is 18.5 Å². The molecule has 1 rings (SSSR count). The molecule has 6 nitrogen and oxygen atoms in total. The molecule has 0 aromatic carbocycles. The number of nitrogens with zero attached hydrogens (tertiary/aromatic N) is 3. The van der Waals surface area contributed by atoms with E-state index in [9.17, 15) is 4.79 Å². The number of hydrogen-bond acceptors (Lipinski definition) is 4. The highest BCUT2D eigenvalue weighted by atomic mass is 16.1. The highest BCUT2D eigenvalue weighted by Crippen LogP contribution is 2.04. The van der Waals surface area contributed by atoms with Gasteiger partial charge in [-0.25, -0.2) is 4.98 Å². The van der Waals surface area contributed by atoms with Crippen molar-refractivity contribution >= 4 is 11.7 Å². The smallest absolute Gasteiger partial charge is 0.293 e. The van der Waals surface area contributed by atoms with E-state index in [1.54, 1.807) is 31.4 Å². The molecule has 6 heteroatoms. The van der Waals surface area contributed by atoms with E-state index >= 15 is 0 Å². The number of anilines is 1. The van der Waals surface area contributed by atoms with Crippen LogP contribution < -0.4 is 16.2 Å². The van der Waals surface area contributed by atoms with Crippen molar-refractivity contribution in [3.8, 4) is 0 Å². The monoisotopic (exact) mass is 223 g/mol. The van der Waals surface area contributed by atoms with Gasteiger partial charge in [-0.05, 0) is 0 Å². The molecule has 0 aliphatic heterocycles. The lowest BCUT2D eigenvalue weighted by Gasteiger charge is -2.21. The Balaban J connectivity index is 2.89. The zero-order valence-electron chi connectivity index (χ0n) is 9.77. The fourth-order valence-electron chi connectivity index (χ4n) is 1.34. The molecule has 0 aliphatic carbocycles. The van der Waals surface area contributed by atoms with E-state index in [2.05, 4.69) is 4.98 Å². The van der Waals surface area contributed by atoms with Gasteiger partial charge >= 0.3 is 0 Å². The topological polar surface area (TPSA) is 88.0 Å². The van der Waals surface area contributed by atoms with Crippen LogP contribution in [0.4, 0.5) is 5.82 Å². The summed E-state index contributed by atoms with van der Waals surface area (Å²) in [5.41, 5.74) is 5.23. The van der Waals surface area contributed by atoms with Crippen LogP contribution in [0.15, 0.2) is 17.2 Å². The Morgan fingerprint density at radius 2 is 2.38 bits per heavy atom. The number of aryl methyl sites for hydroxylation is 1. The molecule has 1 heterocycles. The molecule has 0 fully saturated rings. The lowest BCUT2D eigenvalue weighted by Crippen LogP contribution is -2.36. The van der Waals surface area contributed by atoms with Crippen LogP contribution in [-0.4, -0.2) is 29.0 Å². The standard InChI is InChI=1S/C10H17N5O/c1-7(8(11)12)6-15(3)9-10(16)14(2)5-4-13-9/h4-5,7H,6H2,1-3H3,(H3,11,12). The summed E-state index contributed by atoms with van der Waals surface area (Å²) in [7, 11) is 3.44. The van der Waals surface area contributed by atoms with Gasteiger partial charge in [-0.1, -0.05) is 6.92 Å². The molecule has 1 aromatic rings. The summed E-state index contributed by atoms with van der Waals surface area (Å²) in [5, 5.41) is 7.30. The SMILES string of the molecule is CC(CN(C)c1nccn(C)c1=O)C(=N)N. The second-order valence-corrected chi connectivity index (χ2v) is 3.90. The van der Waals surface area contributed by atoms with Crippen LogP contribution in [0, 0.1) is 11.3 Å². The van der Waals surface area contributed by atoms with Crippen molar-refractivity contribution in [2.24, 2.45) is 18.7 Å². The van der Waals surface area contributed by atoms with Gasteiger partial charge in [0, 0.05) is 39.0 Å². The van der Waals surface area contributed by atoms with E-state index in [4.69, 9.17) is 11.1 Å². The molecule has 1 unspecified atom stereocenters. The van der Waals surface area contributed by atoms with Gasteiger partial charge in [0.05, 0.1) is 5.84 Å². The molecule has 1 aromatic heterocycles. The Morgan fingerprint density at radius 1 is 1.75 bits per heavy atom. The average Bonchev–Trinajstić information content (AvgIpc) is 2.21. The molecule has 0 amide bonds. The van der Waals surface area contributed by atoms with E-state index in [0.29, 0.717) is 12.4 Å². The third-order valence-electron chi connectivity index (χ3n) is 2.44. The van der Waals surface area contributed by atoms with E-state index in [-0.39, 0.29) is 17.3 Å². The summed E-state index contributed by atoms with van der Waals surface area (Å²) >= 11 is 0. The maximum Gasteiger partial charge on any atom is 0.293 e. The molecule has 0 saturated heterocycles. The van der Waals surface area contributed by atoms with E-state index < -0.39 is 0 Å². The summed E-state index contributed by atoms with van der Waals surface area (Å²) in [6.45, 7) is 2.34. The predicted octanol–water partition coefficient (Wildman–Crippen LogP) is -0.211. The van der Waals surface area contributed by atoms with Crippen LogP contribution in [0.25, 0.3) is 0 Å². The first kappa shape index (κ1) is 12.2. The molecule has 0 radical (unpaired) electrons. The molecule has 0 spiro atoms. The van der Waals surface area contributed by atoms with Crippen LogP contribution >= 0.6 is 0 Å². The van der Waals surface area contributed by atoms with Crippen molar-refractivity contribution in [2.45, 2.75) is 6.92 Å². The third kappa shape index (κ3) is 2.59. The van der Waals surface area contributed by atoms with Gasteiger partial charge in [-0.15, -0.1) is 0 Å². The summed E-state index contributed by atoms with van der Waals surface area (Å²) in [5.74, 6) is 0.384. The Labute approximate surface area is 94.2 Å². The number of nitrogens with two attached hydrogens (primary N) is 1. The minimum atomic E-state index is -0.152. The van der Waals surface area contributed by atoms with Crippen LogP contribution in [0.5, 0.6) is 0 Å². The van der Waals surface area contributed by atoms with Crippen LogP contribution in [-0.2, 0) is 7.05 Å². The minimum Gasteiger partial charge on any atom is -0.387 e. The van der Waals surface area contributed by atoms with Gasteiger partial charge in [-0.2, -0.15) is 0 Å². The van der Waals surface area contributed by atoms with Crippen LogP contribution in [0.3, 0.4) is 0 Å². The normalized spacial score (nSPS) is 12.2. The molecule has 3 N–H and O–H groups in total. The average molecular weight is 223 g/mol. The highest BCUT2D eigenvalue weighted by molar-refractivity contribution is 5.79. The number of amidine groups is 1. The predicted molar refractivity (Wildman–Crippen MR) is 63.8 cm³/mol. The highest BCUT2D eigenvalue weighted by Gasteiger charge is 2.13. The maximum atomic E-state index is 11.7. The Morgan fingerprint density at radius 3 is 2.94 bits per heavy atom. The quantitative estimate of drug-likeness (QED) is 0.546. The summed E-state index contributed by atoms with van der Waals surface area (Å²) in [4.78, 5) is 17.5. The molecule has 0 saturated carbocycles. The van der Waals surface area contributed by atoms with Gasteiger partial charge in [0.25, 0.3) is 5.56 Å². The van der Waals surface area contributed by atoms with Gasteiger partial charge < -0.3 is 15.2 Å². The fraction of sp³-hybridized carbons (Fsp3) is 0.500. The number of rotatable bonds is 4. The van der Waals surface area contributed by atoms with Crippen LogP contribution in [0.2, 0.25) is 0 Å². The molecule has 88 valence electrons. The molecule has 16 heavy (non-hydrogen) atoms. The van der Waals surface area contributed by atoms with Gasteiger partial charge in [0.15, 0.2) is 5.82 Å².